The molecule has 5 heteroatoms. The van der Waals surface area contributed by atoms with Crippen molar-refractivity contribution in [2.24, 2.45) is 11.0 Å². The summed E-state index contributed by atoms with van der Waals surface area (Å²) >= 11 is 0. The second kappa shape index (κ2) is 10.5. The van der Waals surface area contributed by atoms with E-state index in [9.17, 15) is 4.79 Å². The first kappa shape index (κ1) is 19.9. The van der Waals surface area contributed by atoms with Crippen molar-refractivity contribution in [3.63, 3.8) is 0 Å². The molecule has 0 spiro atoms. The fraction of sp³-hybridized carbons (Fsp3) is 0.391. The summed E-state index contributed by atoms with van der Waals surface area (Å²) in [5.74, 6) is 1.92. The van der Waals surface area contributed by atoms with Gasteiger partial charge in [0.05, 0.1) is 6.61 Å². The van der Waals surface area contributed by atoms with Crippen molar-refractivity contribution >= 4 is 12.1 Å². The van der Waals surface area contributed by atoms with Crippen molar-refractivity contribution in [2.45, 2.75) is 45.6 Å². The molecule has 1 aliphatic rings. The second-order valence-corrected chi connectivity index (χ2v) is 7.01. The van der Waals surface area contributed by atoms with Gasteiger partial charge in [-0.1, -0.05) is 31.4 Å². The number of benzene rings is 2. The van der Waals surface area contributed by atoms with Gasteiger partial charge in [-0.2, -0.15) is 5.10 Å². The Labute approximate surface area is 166 Å². The molecular weight excluding hydrogens is 352 g/mol. The first-order valence-corrected chi connectivity index (χ1v) is 10.0. The van der Waals surface area contributed by atoms with Crippen LogP contribution in [-0.2, 0) is 6.61 Å². The number of rotatable bonds is 8. The fourth-order valence-electron chi connectivity index (χ4n) is 3.27. The molecule has 1 N–H and O–H groups in total. The zero-order valence-electron chi connectivity index (χ0n) is 16.4. The number of hydrazone groups is 1. The lowest BCUT2D eigenvalue weighted by Gasteiger charge is -2.16. The Morgan fingerprint density at radius 1 is 1.00 bits per heavy atom. The maximum atomic E-state index is 12.2. The van der Waals surface area contributed by atoms with Crippen LogP contribution >= 0.6 is 0 Å². The summed E-state index contributed by atoms with van der Waals surface area (Å²) in [5.41, 5.74) is 4.21. The number of carbonyl (C=O) groups is 1. The van der Waals surface area contributed by atoms with E-state index in [2.05, 4.69) is 10.5 Å². The highest BCUT2D eigenvalue weighted by atomic mass is 16.5. The third-order valence-corrected chi connectivity index (χ3v) is 4.86. The molecule has 2 aromatic carbocycles. The molecule has 1 aliphatic carbocycles. The lowest BCUT2D eigenvalue weighted by atomic mass is 9.90. The summed E-state index contributed by atoms with van der Waals surface area (Å²) in [6, 6.07) is 14.9. The number of ether oxygens (including phenoxy) is 2. The number of hydrogen-bond donors (Lipinski definition) is 1. The summed E-state index contributed by atoms with van der Waals surface area (Å²) < 4.78 is 11.2. The molecule has 0 aliphatic heterocycles. The molecule has 0 heterocycles. The third kappa shape index (κ3) is 6.12. The van der Waals surface area contributed by atoms with Crippen LogP contribution in [0.15, 0.2) is 53.6 Å². The van der Waals surface area contributed by atoms with Gasteiger partial charge in [0.2, 0.25) is 0 Å². The second-order valence-electron chi connectivity index (χ2n) is 7.01. The van der Waals surface area contributed by atoms with Crippen molar-refractivity contribution in [3.8, 4) is 11.5 Å². The number of nitrogens with zero attached hydrogens (tertiary/aromatic N) is 1. The minimum atomic E-state index is -0.189. The zero-order chi connectivity index (χ0) is 19.6. The normalized spacial score (nSPS) is 14.8. The number of amides is 1. The van der Waals surface area contributed by atoms with Crippen LogP contribution in [0.1, 0.15) is 54.9 Å². The predicted molar refractivity (Wildman–Crippen MR) is 111 cm³/mol. The first-order chi connectivity index (χ1) is 13.7. The molecule has 3 rings (SSSR count). The quantitative estimate of drug-likeness (QED) is 0.520. The predicted octanol–water partition coefficient (Wildman–Crippen LogP) is 4.96. The Bertz CT molecular complexity index is 763. The molecule has 0 atom stereocenters. The summed E-state index contributed by atoms with van der Waals surface area (Å²) in [5, 5.41) is 4.13. The van der Waals surface area contributed by atoms with Crippen molar-refractivity contribution < 1.29 is 14.3 Å². The minimum Gasteiger partial charge on any atom is -0.494 e. The van der Waals surface area contributed by atoms with Crippen LogP contribution in [0.3, 0.4) is 0 Å². The zero-order valence-corrected chi connectivity index (χ0v) is 16.4. The van der Waals surface area contributed by atoms with Gasteiger partial charge >= 0.3 is 0 Å². The molecule has 148 valence electrons. The van der Waals surface area contributed by atoms with E-state index in [1.807, 2.05) is 49.5 Å². The maximum Gasteiger partial charge on any atom is 0.271 e. The van der Waals surface area contributed by atoms with Gasteiger partial charge in [-0.05, 0) is 67.6 Å². The molecular formula is C23H28N2O3. The topological polar surface area (TPSA) is 59.9 Å². The molecule has 1 fully saturated rings. The highest BCUT2D eigenvalue weighted by Gasteiger charge is 2.11. The lowest BCUT2D eigenvalue weighted by molar-refractivity contribution is 0.0955. The van der Waals surface area contributed by atoms with E-state index >= 15 is 0 Å². The SMILES string of the molecule is CCOc1ccc(OCc2ccc(C(=O)N/N=C/C3CCCCC3)cc2)cc1. The van der Waals surface area contributed by atoms with Gasteiger partial charge < -0.3 is 9.47 Å². The Kier molecular flexibility index (Phi) is 7.47. The highest BCUT2D eigenvalue weighted by Crippen LogP contribution is 2.22. The van der Waals surface area contributed by atoms with E-state index in [1.165, 1.54) is 32.1 Å². The lowest BCUT2D eigenvalue weighted by Crippen LogP contribution is -2.19. The molecule has 0 saturated heterocycles. The molecule has 5 nitrogen and oxygen atoms in total. The maximum absolute atomic E-state index is 12.2. The van der Waals surface area contributed by atoms with Crippen LogP contribution in [-0.4, -0.2) is 18.7 Å². The third-order valence-electron chi connectivity index (χ3n) is 4.86. The largest absolute Gasteiger partial charge is 0.494 e. The van der Waals surface area contributed by atoms with E-state index < -0.39 is 0 Å². The minimum absolute atomic E-state index is 0.189. The van der Waals surface area contributed by atoms with Gasteiger partial charge in [-0.3, -0.25) is 4.79 Å². The summed E-state index contributed by atoms with van der Waals surface area (Å²) in [7, 11) is 0. The van der Waals surface area contributed by atoms with E-state index in [-0.39, 0.29) is 5.91 Å². The van der Waals surface area contributed by atoms with E-state index in [1.54, 1.807) is 12.1 Å². The van der Waals surface area contributed by atoms with Gasteiger partial charge in [0.25, 0.3) is 5.91 Å². The summed E-state index contributed by atoms with van der Waals surface area (Å²) in [4.78, 5) is 12.2. The average molecular weight is 380 g/mol. The van der Waals surface area contributed by atoms with Crippen molar-refractivity contribution in [1.29, 1.82) is 0 Å². The van der Waals surface area contributed by atoms with Crippen molar-refractivity contribution in [2.75, 3.05) is 6.61 Å². The molecule has 28 heavy (non-hydrogen) atoms. The molecule has 0 aromatic heterocycles. The fourth-order valence-corrected chi connectivity index (χ4v) is 3.27. The Morgan fingerprint density at radius 2 is 1.64 bits per heavy atom. The molecule has 0 unspecified atom stereocenters. The van der Waals surface area contributed by atoms with Crippen LogP contribution in [0.5, 0.6) is 11.5 Å². The van der Waals surface area contributed by atoms with Crippen LogP contribution in [0.2, 0.25) is 0 Å². The monoisotopic (exact) mass is 380 g/mol. The standard InChI is InChI=1S/C23H28N2O3/c1-2-27-21-12-14-22(15-13-21)28-17-19-8-10-20(11-9-19)23(26)25-24-16-18-6-4-3-5-7-18/h8-16,18H,2-7,17H2,1H3,(H,25,26)/b24-16+. The van der Waals surface area contributed by atoms with Gasteiger partial charge in [0.1, 0.15) is 18.1 Å². The van der Waals surface area contributed by atoms with Crippen molar-refractivity contribution in [1.82, 2.24) is 5.43 Å². The molecule has 1 saturated carbocycles. The van der Waals surface area contributed by atoms with E-state index in [0.29, 0.717) is 24.7 Å². The molecule has 1 amide bonds. The first-order valence-electron chi connectivity index (χ1n) is 10.0. The van der Waals surface area contributed by atoms with Gasteiger partial charge in [0, 0.05) is 11.8 Å². The van der Waals surface area contributed by atoms with Gasteiger partial charge in [-0.25, -0.2) is 5.43 Å². The van der Waals surface area contributed by atoms with Crippen LogP contribution in [0.4, 0.5) is 0 Å². The van der Waals surface area contributed by atoms with Crippen LogP contribution in [0.25, 0.3) is 0 Å². The van der Waals surface area contributed by atoms with E-state index in [4.69, 9.17) is 9.47 Å². The Hall–Kier alpha value is -2.82. The summed E-state index contributed by atoms with van der Waals surface area (Å²) in [6.07, 6.45) is 8.04. The highest BCUT2D eigenvalue weighted by molar-refractivity contribution is 5.94. The Morgan fingerprint density at radius 3 is 2.29 bits per heavy atom. The van der Waals surface area contributed by atoms with Crippen LogP contribution < -0.4 is 14.9 Å². The number of hydrogen-bond acceptors (Lipinski definition) is 4. The summed E-state index contributed by atoms with van der Waals surface area (Å²) in [6.45, 7) is 3.04. The average Bonchev–Trinajstić information content (AvgIpc) is 2.74. The van der Waals surface area contributed by atoms with Crippen LogP contribution in [0, 0.1) is 5.92 Å². The van der Waals surface area contributed by atoms with Crippen molar-refractivity contribution in [3.05, 3.63) is 59.7 Å². The number of nitrogens with one attached hydrogen (secondary N) is 1. The number of carbonyl (C=O) groups excluding carboxylic acids is 1. The smallest absolute Gasteiger partial charge is 0.271 e. The van der Waals surface area contributed by atoms with Gasteiger partial charge in [-0.15, -0.1) is 0 Å². The van der Waals surface area contributed by atoms with Gasteiger partial charge in [0.15, 0.2) is 0 Å². The molecule has 0 radical (unpaired) electrons. The Balaban J connectivity index is 1.45. The van der Waals surface area contributed by atoms with E-state index in [0.717, 1.165) is 17.1 Å². The molecule has 2 aromatic rings. The molecule has 0 bridgehead atoms.